The van der Waals surface area contributed by atoms with Crippen LogP contribution in [-0.4, -0.2) is 28.0 Å². The number of aromatic nitrogens is 3. The molecule has 116 valence electrons. The first-order valence-electron chi connectivity index (χ1n) is 6.80. The molecule has 0 saturated heterocycles. The summed E-state index contributed by atoms with van der Waals surface area (Å²) in [4.78, 5) is 12.2. The standard InChI is InChI=1S/C16H13ClN4O2/c1-23-15-5-3-2-4-14(15)21-10-13(19-20-21)16(22)18-12-8-6-11(17)7-9-12/h2-10H,1H3,(H,18,22). The molecule has 0 unspecified atom stereocenters. The molecule has 0 fully saturated rings. The van der Waals surface area contributed by atoms with Crippen LogP contribution in [0.3, 0.4) is 0 Å². The van der Waals surface area contributed by atoms with Gasteiger partial charge >= 0.3 is 0 Å². The Labute approximate surface area is 137 Å². The van der Waals surface area contributed by atoms with Crippen LogP contribution in [0.15, 0.2) is 54.7 Å². The molecular weight excluding hydrogens is 316 g/mol. The van der Waals surface area contributed by atoms with Gasteiger partial charge in [0.05, 0.1) is 13.3 Å². The van der Waals surface area contributed by atoms with Crippen LogP contribution >= 0.6 is 11.6 Å². The second-order valence-corrected chi connectivity index (χ2v) is 5.12. The number of carbonyl (C=O) groups is 1. The number of nitrogens with one attached hydrogen (secondary N) is 1. The first kappa shape index (κ1) is 15.1. The van der Waals surface area contributed by atoms with Crippen molar-refractivity contribution < 1.29 is 9.53 Å². The maximum Gasteiger partial charge on any atom is 0.277 e. The molecule has 1 N–H and O–H groups in total. The van der Waals surface area contributed by atoms with Crippen LogP contribution < -0.4 is 10.1 Å². The number of benzene rings is 2. The van der Waals surface area contributed by atoms with Crippen molar-refractivity contribution in [2.24, 2.45) is 0 Å². The number of hydrogen-bond donors (Lipinski definition) is 1. The molecule has 6 nitrogen and oxygen atoms in total. The van der Waals surface area contributed by atoms with Crippen LogP contribution in [0.2, 0.25) is 5.02 Å². The van der Waals surface area contributed by atoms with E-state index in [1.807, 2.05) is 24.3 Å². The quantitative estimate of drug-likeness (QED) is 0.798. The number of para-hydroxylation sites is 2. The van der Waals surface area contributed by atoms with Gasteiger partial charge in [0.25, 0.3) is 5.91 Å². The molecule has 0 radical (unpaired) electrons. The van der Waals surface area contributed by atoms with Crippen molar-refractivity contribution in [1.29, 1.82) is 0 Å². The van der Waals surface area contributed by atoms with E-state index < -0.39 is 0 Å². The minimum Gasteiger partial charge on any atom is -0.494 e. The number of methoxy groups -OCH3 is 1. The number of rotatable bonds is 4. The van der Waals surface area contributed by atoms with Crippen molar-refractivity contribution >= 4 is 23.2 Å². The zero-order chi connectivity index (χ0) is 16.2. The molecule has 3 aromatic rings. The number of amides is 1. The SMILES string of the molecule is COc1ccccc1-n1cc(C(=O)Nc2ccc(Cl)cc2)nn1. The average Bonchev–Trinajstić information content (AvgIpc) is 3.07. The van der Waals surface area contributed by atoms with Gasteiger partial charge in [0.1, 0.15) is 11.4 Å². The zero-order valence-corrected chi connectivity index (χ0v) is 13.0. The molecule has 1 aromatic heterocycles. The van der Waals surface area contributed by atoms with Gasteiger partial charge in [-0.05, 0) is 36.4 Å². The molecule has 0 bridgehead atoms. The lowest BCUT2D eigenvalue weighted by Crippen LogP contribution is -2.12. The Morgan fingerprint density at radius 2 is 1.91 bits per heavy atom. The summed E-state index contributed by atoms with van der Waals surface area (Å²) in [5.41, 5.74) is 1.53. The summed E-state index contributed by atoms with van der Waals surface area (Å²) in [5, 5.41) is 11.2. The van der Waals surface area contributed by atoms with Gasteiger partial charge < -0.3 is 10.1 Å². The normalized spacial score (nSPS) is 10.3. The summed E-state index contributed by atoms with van der Waals surface area (Å²) in [6, 6.07) is 14.2. The second kappa shape index (κ2) is 6.50. The minimum absolute atomic E-state index is 0.200. The second-order valence-electron chi connectivity index (χ2n) is 4.68. The fourth-order valence-electron chi connectivity index (χ4n) is 2.03. The average molecular weight is 329 g/mol. The smallest absolute Gasteiger partial charge is 0.277 e. The Morgan fingerprint density at radius 1 is 1.17 bits per heavy atom. The highest BCUT2D eigenvalue weighted by atomic mass is 35.5. The summed E-state index contributed by atoms with van der Waals surface area (Å²) in [5.74, 6) is 0.288. The summed E-state index contributed by atoms with van der Waals surface area (Å²) < 4.78 is 6.77. The molecule has 7 heteroatoms. The first-order valence-corrected chi connectivity index (χ1v) is 7.18. The predicted octanol–water partition coefficient (Wildman–Crippen LogP) is 3.18. The van der Waals surface area contributed by atoms with E-state index in [9.17, 15) is 4.79 Å². The molecular formula is C16H13ClN4O2. The zero-order valence-electron chi connectivity index (χ0n) is 12.2. The molecule has 0 aliphatic carbocycles. The summed E-state index contributed by atoms with van der Waals surface area (Å²) >= 11 is 5.81. The maximum absolute atomic E-state index is 12.2. The lowest BCUT2D eigenvalue weighted by atomic mass is 10.3. The van der Waals surface area contributed by atoms with E-state index in [4.69, 9.17) is 16.3 Å². The molecule has 3 rings (SSSR count). The van der Waals surface area contributed by atoms with Crippen LogP contribution in [-0.2, 0) is 0 Å². The van der Waals surface area contributed by atoms with Crippen molar-refractivity contribution in [1.82, 2.24) is 15.0 Å². The van der Waals surface area contributed by atoms with Gasteiger partial charge in [-0.1, -0.05) is 28.9 Å². The molecule has 0 saturated carbocycles. The monoisotopic (exact) mass is 328 g/mol. The van der Waals surface area contributed by atoms with Gasteiger partial charge in [-0.3, -0.25) is 4.79 Å². The van der Waals surface area contributed by atoms with Gasteiger partial charge in [0, 0.05) is 10.7 Å². The lowest BCUT2D eigenvalue weighted by Gasteiger charge is -2.06. The molecule has 0 atom stereocenters. The molecule has 0 spiro atoms. The van der Waals surface area contributed by atoms with Crippen LogP contribution in [0.5, 0.6) is 5.75 Å². The Morgan fingerprint density at radius 3 is 2.65 bits per heavy atom. The first-order chi connectivity index (χ1) is 11.2. The number of nitrogens with zero attached hydrogens (tertiary/aromatic N) is 3. The third-order valence-corrected chi connectivity index (χ3v) is 3.41. The van der Waals surface area contributed by atoms with Crippen molar-refractivity contribution in [3.05, 3.63) is 65.4 Å². The third kappa shape index (κ3) is 3.32. The van der Waals surface area contributed by atoms with E-state index in [2.05, 4.69) is 15.6 Å². The Kier molecular flexibility index (Phi) is 4.25. The van der Waals surface area contributed by atoms with E-state index in [0.717, 1.165) is 0 Å². The highest BCUT2D eigenvalue weighted by molar-refractivity contribution is 6.30. The topological polar surface area (TPSA) is 69.0 Å². The van der Waals surface area contributed by atoms with Gasteiger partial charge in [-0.25, -0.2) is 4.68 Å². The number of halogens is 1. The summed E-state index contributed by atoms with van der Waals surface area (Å²) in [7, 11) is 1.57. The van der Waals surface area contributed by atoms with Gasteiger partial charge in [0.2, 0.25) is 0 Å². The van der Waals surface area contributed by atoms with Gasteiger partial charge in [0.15, 0.2) is 5.69 Å². The van der Waals surface area contributed by atoms with E-state index in [0.29, 0.717) is 22.1 Å². The molecule has 2 aromatic carbocycles. The van der Waals surface area contributed by atoms with E-state index in [-0.39, 0.29) is 11.6 Å². The molecule has 23 heavy (non-hydrogen) atoms. The van der Waals surface area contributed by atoms with Crippen LogP contribution in [0.4, 0.5) is 5.69 Å². The highest BCUT2D eigenvalue weighted by Crippen LogP contribution is 2.21. The number of hydrogen-bond acceptors (Lipinski definition) is 4. The number of carbonyl (C=O) groups excluding carboxylic acids is 1. The number of ether oxygens (including phenoxy) is 1. The van der Waals surface area contributed by atoms with Crippen molar-refractivity contribution in [3.8, 4) is 11.4 Å². The number of anilines is 1. The summed E-state index contributed by atoms with van der Waals surface area (Å²) in [6.07, 6.45) is 1.54. The predicted molar refractivity (Wildman–Crippen MR) is 87.3 cm³/mol. The highest BCUT2D eigenvalue weighted by Gasteiger charge is 2.13. The lowest BCUT2D eigenvalue weighted by molar-refractivity contribution is 0.102. The van der Waals surface area contributed by atoms with Gasteiger partial charge in [-0.15, -0.1) is 5.10 Å². The van der Waals surface area contributed by atoms with E-state index in [1.54, 1.807) is 37.6 Å². The van der Waals surface area contributed by atoms with Crippen LogP contribution in [0.1, 0.15) is 10.5 Å². The fraction of sp³-hybridized carbons (Fsp3) is 0.0625. The Balaban J connectivity index is 1.81. The van der Waals surface area contributed by atoms with E-state index >= 15 is 0 Å². The molecule has 0 aliphatic rings. The van der Waals surface area contributed by atoms with Crippen molar-refractivity contribution in [3.63, 3.8) is 0 Å². The third-order valence-electron chi connectivity index (χ3n) is 3.16. The summed E-state index contributed by atoms with van der Waals surface area (Å²) in [6.45, 7) is 0. The van der Waals surface area contributed by atoms with Crippen LogP contribution in [0, 0.1) is 0 Å². The fourth-order valence-corrected chi connectivity index (χ4v) is 2.16. The Hall–Kier alpha value is -2.86. The molecule has 0 aliphatic heterocycles. The maximum atomic E-state index is 12.2. The molecule has 1 amide bonds. The van der Waals surface area contributed by atoms with E-state index in [1.165, 1.54) is 4.68 Å². The minimum atomic E-state index is -0.353. The van der Waals surface area contributed by atoms with Gasteiger partial charge in [-0.2, -0.15) is 0 Å². The van der Waals surface area contributed by atoms with Crippen molar-refractivity contribution in [2.75, 3.05) is 12.4 Å². The van der Waals surface area contributed by atoms with Crippen molar-refractivity contribution in [2.45, 2.75) is 0 Å². The largest absolute Gasteiger partial charge is 0.494 e. The van der Waals surface area contributed by atoms with Crippen LogP contribution in [0.25, 0.3) is 5.69 Å². The Bertz CT molecular complexity index is 830. The molecule has 1 heterocycles.